The number of guanidine groups is 1. The first-order chi connectivity index (χ1) is 14.0. The predicted molar refractivity (Wildman–Crippen MR) is 130 cm³/mol. The van der Waals surface area contributed by atoms with Crippen molar-refractivity contribution in [2.45, 2.75) is 26.3 Å². The molecular formula is C23H29IN4O2. The molecule has 0 bridgehead atoms. The molecule has 0 aliphatic carbocycles. The second kappa shape index (κ2) is 11.1. The van der Waals surface area contributed by atoms with Crippen LogP contribution in [0.5, 0.6) is 0 Å². The number of halogens is 1. The topological polar surface area (TPSA) is 65.0 Å². The van der Waals surface area contributed by atoms with Gasteiger partial charge in [0, 0.05) is 33.7 Å². The number of carbonyl (C=O) groups excluding carboxylic acids is 2. The van der Waals surface area contributed by atoms with Crippen LogP contribution in [0.3, 0.4) is 0 Å². The molecule has 2 amide bonds. The quantitative estimate of drug-likeness (QED) is 0.199. The van der Waals surface area contributed by atoms with Gasteiger partial charge in [0.1, 0.15) is 0 Å². The molecule has 1 N–H and O–H groups in total. The average molecular weight is 520 g/mol. The first-order valence-corrected chi connectivity index (χ1v) is 9.94. The maximum absolute atomic E-state index is 12.4. The first-order valence-electron chi connectivity index (χ1n) is 9.94. The molecule has 160 valence electrons. The van der Waals surface area contributed by atoms with Gasteiger partial charge in [-0.1, -0.05) is 36.4 Å². The lowest BCUT2D eigenvalue weighted by Gasteiger charge is -2.23. The van der Waals surface area contributed by atoms with Crippen molar-refractivity contribution in [3.63, 3.8) is 0 Å². The van der Waals surface area contributed by atoms with Crippen LogP contribution in [0.15, 0.2) is 53.5 Å². The predicted octanol–water partition coefficient (Wildman–Crippen LogP) is 3.70. The summed E-state index contributed by atoms with van der Waals surface area (Å²) in [6.07, 6.45) is 1.58. The summed E-state index contributed by atoms with van der Waals surface area (Å²) in [5.41, 5.74) is 3.54. The number of hydrogen-bond acceptors (Lipinski definition) is 3. The normalized spacial score (nSPS) is 13.2. The molecule has 0 radical (unpaired) electrons. The molecule has 30 heavy (non-hydrogen) atoms. The number of imide groups is 1. The second-order valence-electron chi connectivity index (χ2n) is 7.27. The maximum Gasteiger partial charge on any atom is 0.261 e. The van der Waals surface area contributed by atoms with Crippen molar-refractivity contribution in [2.24, 2.45) is 4.99 Å². The van der Waals surface area contributed by atoms with E-state index in [0.29, 0.717) is 17.7 Å². The minimum atomic E-state index is -0.188. The lowest BCUT2D eigenvalue weighted by Crippen LogP contribution is -2.39. The van der Waals surface area contributed by atoms with Crippen molar-refractivity contribution in [3.05, 3.63) is 70.8 Å². The number of unbranched alkanes of at least 4 members (excludes halogenated alkanes) is 1. The van der Waals surface area contributed by atoms with Gasteiger partial charge in [0.25, 0.3) is 11.8 Å². The highest BCUT2D eigenvalue weighted by molar-refractivity contribution is 14.0. The zero-order chi connectivity index (χ0) is 20.8. The van der Waals surface area contributed by atoms with Gasteiger partial charge >= 0.3 is 0 Å². The lowest BCUT2D eigenvalue weighted by atomic mass is 10.1. The fraction of sp³-hybridized carbons (Fsp3) is 0.348. The molecular weight excluding hydrogens is 491 g/mol. The molecule has 3 rings (SSSR count). The maximum atomic E-state index is 12.4. The summed E-state index contributed by atoms with van der Waals surface area (Å²) in [5.74, 6) is 0.452. The zero-order valence-electron chi connectivity index (χ0n) is 17.7. The van der Waals surface area contributed by atoms with Gasteiger partial charge in [-0.2, -0.15) is 0 Å². The third-order valence-corrected chi connectivity index (χ3v) is 5.21. The van der Waals surface area contributed by atoms with Crippen LogP contribution in [0.2, 0.25) is 0 Å². The SMILES string of the molecule is CN=C(NCCCCN1C(=O)c2ccccc2C1=O)N(C)Cc1ccccc1C.I. The van der Waals surface area contributed by atoms with E-state index < -0.39 is 0 Å². The molecule has 6 nitrogen and oxygen atoms in total. The molecule has 0 spiro atoms. The number of nitrogens with one attached hydrogen (secondary N) is 1. The minimum Gasteiger partial charge on any atom is -0.356 e. The number of aliphatic imine (C=N–C) groups is 1. The Morgan fingerprint density at radius 3 is 2.20 bits per heavy atom. The van der Waals surface area contributed by atoms with E-state index in [-0.39, 0.29) is 35.8 Å². The smallest absolute Gasteiger partial charge is 0.261 e. The van der Waals surface area contributed by atoms with E-state index in [0.717, 1.165) is 31.9 Å². The van der Waals surface area contributed by atoms with Crippen LogP contribution in [0.25, 0.3) is 0 Å². The largest absolute Gasteiger partial charge is 0.356 e. The Labute approximate surface area is 195 Å². The number of aryl methyl sites for hydroxylation is 1. The molecule has 2 aromatic rings. The molecule has 0 aromatic heterocycles. The number of hydrogen-bond donors (Lipinski definition) is 1. The average Bonchev–Trinajstić information content (AvgIpc) is 2.97. The summed E-state index contributed by atoms with van der Waals surface area (Å²) < 4.78 is 0. The van der Waals surface area contributed by atoms with Crippen molar-refractivity contribution in [3.8, 4) is 0 Å². The Bertz CT molecular complexity index is 894. The highest BCUT2D eigenvalue weighted by atomic mass is 127. The van der Waals surface area contributed by atoms with E-state index in [1.165, 1.54) is 16.0 Å². The summed E-state index contributed by atoms with van der Waals surface area (Å²) >= 11 is 0. The third-order valence-electron chi connectivity index (χ3n) is 5.21. The highest BCUT2D eigenvalue weighted by Gasteiger charge is 2.34. The second-order valence-corrected chi connectivity index (χ2v) is 7.27. The number of amides is 2. The third kappa shape index (κ3) is 5.38. The Kier molecular flexibility index (Phi) is 8.83. The standard InChI is InChI=1S/C23H28N4O2.HI/c1-17-10-4-5-11-18(17)16-26(3)23(24-2)25-14-8-9-15-27-21(28)19-12-6-7-13-20(19)22(27)29;/h4-7,10-13H,8-9,14-16H2,1-3H3,(H,24,25);1H. The Balaban J connectivity index is 0.00000320. The summed E-state index contributed by atoms with van der Waals surface area (Å²) in [6.45, 7) is 4.06. The van der Waals surface area contributed by atoms with Gasteiger partial charge < -0.3 is 10.2 Å². The van der Waals surface area contributed by atoms with Crippen LogP contribution in [-0.4, -0.2) is 54.8 Å². The van der Waals surface area contributed by atoms with Crippen LogP contribution < -0.4 is 5.32 Å². The Morgan fingerprint density at radius 1 is 1.00 bits per heavy atom. The van der Waals surface area contributed by atoms with Gasteiger partial charge in [0.15, 0.2) is 5.96 Å². The summed E-state index contributed by atoms with van der Waals surface area (Å²) in [6, 6.07) is 15.3. The molecule has 0 unspecified atom stereocenters. The van der Waals surface area contributed by atoms with Crippen molar-refractivity contribution in [2.75, 3.05) is 27.2 Å². The number of nitrogens with zero attached hydrogens (tertiary/aromatic N) is 3. The first kappa shape index (κ1) is 23.9. The zero-order valence-corrected chi connectivity index (χ0v) is 20.1. The molecule has 2 aromatic carbocycles. The molecule has 1 aliphatic heterocycles. The molecule has 0 saturated heterocycles. The van der Waals surface area contributed by atoms with Crippen LogP contribution in [0, 0.1) is 6.92 Å². The van der Waals surface area contributed by atoms with Crippen molar-refractivity contribution >= 4 is 41.8 Å². The van der Waals surface area contributed by atoms with E-state index in [1.807, 2.05) is 19.2 Å². The van der Waals surface area contributed by atoms with Gasteiger partial charge in [0.05, 0.1) is 11.1 Å². The van der Waals surface area contributed by atoms with Crippen molar-refractivity contribution in [1.82, 2.24) is 15.1 Å². The number of fused-ring (bicyclic) bond motifs is 1. The van der Waals surface area contributed by atoms with E-state index in [1.54, 1.807) is 31.3 Å². The van der Waals surface area contributed by atoms with E-state index in [4.69, 9.17) is 0 Å². The molecule has 1 heterocycles. The fourth-order valence-electron chi connectivity index (χ4n) is 3.54. The number of carbonyl (C=O) groups is 2. The Hall–Kier alpha value is -2.42. The molecule has 0 atom stereocenters. The van der Waals surface area contributed by atoms with E-state index >= 15 is 0 Å². The van der Waals surface area contributed by atoms with Crippen LogP contribution in [0.4, 0.5) is 0 Å². The lowest BCUT2D eigenvalue weighted by molar-refractivity contribution is 0.0652. The van der Waals surface area contributed by atoms with Crippen molar-refractivity contribution in [1.29, 1.82) is 0 Å². The van der Waals surface area contributed by atoms with Crippen molar-refractivity contribution < 1.29 is 9.59 Å². The molecule has 0 fully saturated rings. The summed E-state index contributed by atoms with van der Waals surface area (Å²) in [7, 11) is 3.79. The van der Waals surface area contributed by atoms with Crippen LogP contribution >= 0.6 is 24.0 Å². The highest BCUT2D eigenvalue weighted by Crippen LogP contribution is 2.22. The summed E-state index contributed by atoms with van der Waals surface area (Å²) in [4.78, 5) is 32.6. The number of rotatable bonds is 7. The minimum absolute atomic E-state index is 0. The van der Waals surface area contributed by atoms with Gasteiger partial charge in [0.2, 0.25) is 0 Å². The van der Waals surface area contributed by atoms with E-state index in [9.17, 15) is 9.59 Å². The van der Waals surface area contributed by atoms with Gasteiger partial charge in [-0.25, -0.2) is 0 Å². The fourth-order valence-corrected chi connectivity index (χ4v) is 3.54. The molecule has 1 aliphatic rings. The summed E-state index contributed by atoms with van der Waals surface area (Å²) in [5, 5.41) is 3.36. The van der Waals surface area contributed by atoms with Gasteiger partial charge in [-0.05, 0) is 43.0 Å². The number of benzene rings is 2. The van der Waals surface area contributed by atoms with E-state index in [2.05, 4.69) is 34.3 Å². The molecule has 7 heteroatoms. The van der Waals surface area contributed by atoms with Gasteiger partial charge in [-0.3, -0.25) is 19.5 Å². The monoisotopic (exact) mass is 520 g/mol. The van der Waals surface area contributed by atoms with Crippen LogP contribution in [-0.2, 0) is 6.54 Å². The van der Waals surface area contributed by atoms with Gasteiger partial charge in [-0.15, -0.1) is 24.0 Å². The Morgan fingerprint density at radius 2 is 1.60 bits per heavy atom. The molecule has 0 saturated carbocycles. The van der Waals surface area contributed by atoms with Crippen LogP contribution in [0.1, 0.15) is 44.7 Å².